The summed E-state index contributed by atoms with van der Waals surface area (Å²) in [5.41, 5.74) is 2.38. The van der Waals surface area contributed by atoms with Gasteiger partial charge in [-0.3, -0.25) is 9.48 Å². The Morgan fingerprint density at radius 1 is 0.762 bits per heavy atom. The van der Waals surface area contributed by atoms with Crippen LogP contribution < -0.4 is 5.56 Å². The molecular formula is C16H12Cl2N2O. The van der Waals surface area contributed by atoms with Gasteiger partial charge < -0.3 is 0 Å². The lowest BCUT2D eigenvalue weighted by Gasteiger charge is -2.14. The highest BCUT2D eigenvalue weighted by Gasteiger charge is 2.11. The van der Waals surface area contributed by atoms with Crippen molar-refractivity contribution in [3.8, 4) is 11.4 Å². The number of rotatable bonds is 2. The average molecular weight is 319 g/mol. The molecule has 3 nitrogen and oxygen atoms in total. The van der Waals surface area contributed by atoms with Crippen LogP contribution in [-0.4, -0.2) is 9.36 Å². The highest BCUT2D eigenvalue weighted by Crippen LogP contribution is 2.18. The summed E-state index contributed by atoms with van der Waals surface area (Å²) in [5.74, 6) is 0. The molecule has 0 saturated carbocycles. The zero-order valence-electron chi connectivity index (χ0n) is 11.3. The van der Waals surface area contributed by atoms with E-state index in [1.807, 2.05) is 35.9 Å². The van der Waals surface area contributed by atoms with Crippen LogP contribution in [0.25, 0.3) is 11.4 Å². The van der Waals surface area contributed by atoms with E-state index in [9.17, 15) is 4.79 Å². The first kappa shape index (κ1) is 14.0. The average Bonchev–Trinajstić information content (AvgIpc) is 2.75. The summed E-state index contributed by atoms with van der Waals surface area (Å²) in [6.45, 7) is 1.89. The van der Waals surface area contributed by atoms with Crippen LogP contribution in [0.5, 0.6) is 0 Å². The highest BCUT2D eigenvalue weighted by atomic mass is 35.5. The molecule has 21 heavy (non-hydrogen) atoms. The van der Waals surface area contributed by atoms with Crippen molar-refractivity contribution >= 4 is 23.2 Å². The minimum Gasteiger partial charge on any atom is -0.267 e. The lowest BCUT2D eigenvalue weighted by Crippen LogP contribution is -2.20. The van der Waals surface area contributed by atoms with Gasteiger partial charge in [0, 0.05) is 21.8 Å². The topological polar surface area (TPSA) is 26.9 Å². The van der Waals surface area contributed by atoms with E-state index in [0.717, 1.165) is 17.1 Å². The summed E-state index contributed by atoms with van der Waals surface area (Å²) < 4.78 is 3.46. The Labute approximate surface area is 131 Å². The van der Waals surface area contributed by atoms with Gasteiger partial charge in [0.1, 0.15) is 0 Å². The normalized spacial score (nSPS) is 10.8. The van der Waals surface area contributed by atoms with Crippen LogP contribution in [0, 0.1) is 6.92 Å². The third kappa shape index (κ3) is 2.62. The first-order valence-corrected chi connectivity index (χ1v) is 7.15. The van der Waals surface area contributed by atoms with Gasteiger partial charge in [-0.2, -0.15) is 0 Å². The van der Waals surface area contributed by atoms with Crippen molar-refractivity contribution in [2.75, 3.05) is 0 Å². The Kier molecular flexibility index (Phi) is 3.62. The third-order valence-electron chi connectivity index (χ3n) is 3.22. The van der Waals surface area contributed by atoms with Gasteiger partial charge in [-0.05, 0) is 55.5 Å². The second-order valence-electron chi connectivity index (χ2n) is 4.70. The molecule has 0 atom stereocenters. The summed E-state index contributed by atoms with van der Waals surface area (Å²) in [5, 5.41) is 1.29. The number of hydrogen-bond acceptors (Lipinski definition) is 1. The predicted molar refractivity (Wildman–Crippen MR) is 86.1 cm³/mol. The molecule has 0 radical (unpaired) electrons. The Bertz CT molecular complexity index is 830. The number of benzene rings is 2. The highest BCUT2D eigenvalue weighted by molar-refractivity contribution is 6.30. The van der Waals surface area contributed by atoms with Crippen molar-refractivity contribution in [3.05, 3.63) is 80.7 Å². The molecule has 5 heteroatoms. The maximum absolute atomic E-state index is 12.3. The molecule has 0 bridgehead atoms. The van der Waals surface area contributed by atoms with Gasteiger partial charge in [0.15, 0.2) is 0 Å². The summed E-state index contributed by atoms with van der Waals surface area (Å²) in [4.78, 5) is 12.3. The number of aryl methyl sites for hydroxylation is 1. The van der Waals surface area contributed by atoms with Gasteiger partial charge in [0.05, 0.1) is 11.4 Å². The maximum Gasteiger partial charge on any atom is 0.271 e. The van der Waals surface area contributed by atoms with Crippen molar-refractivity contribution in [3.63, 3.8) is 0 Å². The molecule has 1 heterocycles. The third-order valence-corrected chi connectivity index (χ3v) is 3.72. The molecule has 0 spiro atoms. The van der Waals surface area contributed by atoms with Crippen LogP contribution in [0.4, 0.5) is 0 Å². The van der Waals surface area contributed by atoms with Gasteiger partial charge >= 0.3 is 0 Å². The van der Waals surface area contributed by atoms with E-state index >= 15 is 0 Å². The second kappa shape index (κ2) is 5.43. The molecule has 0 aliphatic carbocycles. The SMILES string of the molecule is Cc1cc(=O)n(-c2ccc(Cl)cc2)n1-c1ccc(Cl)cc1. The van der Waals surface area contributed by atoms with Crippen molar-refractivity contribution in [1.29, 1.82) is 0 Å². The van der Waals surface area contributed by atoms with Gasteiger partial charge in [-0.15, -0.1) is 0 Å². The molecular weight excluding hydrogens is 307 g/mol. The van der Waals surface area contributed by atoms with Crippen molar-refractivity contribution < 1.29 is 0 Å². The summed E-state index contributed by atoms with van der Waals surface area (Å²) in [6.07, 6.45) is 0. The van der Waals surface area contributed by atoms with E-state index < -0.39 is 0 Å². The van der Waals surface area contributed by atoms with Crippen LogP contribution in [0.3, 0.4) is 0 Å². The fourth-order valence-electron chi connectivity index (χ4n) is 2.28. The fourth-order valence-corrected chi connectivity index (χ4v) is 2.54. The molecule has 0 aliphatic rings. The van der Waals surface area contributed by atoms with E-state index in [1.165, 1.54) is 0 Å². The van der Waals surface area contributed by atoms with Crippen LogP contribution >= 0.6 is 23.2 Å². The Morgan fingerprint density at radius 3 is 1.67 bits per heavy atom. The van der Waals surface area contributed by atoms with Crippen molar-refractivity contribution in [2.24, 2.45) is 0 Å². The Balaban J connectivity index is 2.24. The molecule has 0 N–H and O–H groups in total. The molecule has 3 aromatic rings. The lowest BCUT2D eigenvalue weighted by molar-refractivity contribution is 0.707. The largest absolute Gasteiger partial charge is 0.271 e. The van der Waals surface area contributed by atoms with Gasteiger partial charge in [-0.1, -0.05) is 23.2 Å². The van der Waals surface area contributed by atoms with E-state index in [1.54, 1.807) is 35.0 Å². The number of nitrogens with zero attached hydrogens (tertiary/aromatic N) is 2. The zero-order valence-corrected chi connectivity index (χ0v) is 12.8. The fraction of sp³-hybridized carbons (Fsp3) is 0.0625. The summed E-state index contributed by atoms with van der Waals surface area (Å²) in [7, 11) is 0. The molecule has 0 fully saturated rings. The zero-order chi connectivity index (χ0) is 15.0. The smallest absolute Gasteiger partial charge is 0.267 e. The van der Waals surface area contributed by atoms with Crippen LogP contribution in [0.2, 0.25) is 10.0 Å². The molecule has 0 amide bonds. The molecule has 0 aliphatic heterocycles. The molecule has 1 aromatic heterocycles. The Morgan fingerprint density at radius 2 is 1.19 bits per heavy atom. The van der Waals surface area contributed by atoms with Crippen LogP contribution in [-0.2, 0) is 0 Å². The van der Waals surface area contributed by atoms with Gasteiger partial charge in [-0.25, -0.2) is 4.68 Å². The monoisotopic (exact) mass is 318 g/mol. The number of aromatic nitrogens is 2. The first-order valence-electron chi connectivity index (χ1n) is 6.40. The first-order chi connectivity index (χ1) is 10.1. The summed E-state index contributed by atoms with van der Waals surface area (Å²) in [6, 6.07) is 16.1. The quantitative estimate of drug-likeness (QED) is 0.694. The molecule has 106 valence electrons. The van der Waals surface area contributed by atoms with Gasteiger partial charge in [0.2, 0.25) is 0 Å². The maximum atomic E-state index is 12.3. The molecule has 2 aromatic carbocycles. The minimum absolute atomic E-state index is 0.0928. The second-order valence-corrected chi connectivity index (χ2v) is 5.57. The van der Waals surface area contributed by atoms with Crippen LogP contribution in [0.15, 0.2) is 59.4 Å². The van der Waals surface area contributed by atoms with Crippen molar-refractivity contribution in [2.45, 2.75) is 6.92 Å². The number of halogens is 2. The molecule has 0 unspecified atom stereocenters. The van der Waals surface area contributed by atoms with Gasteiger partial charge in [0.25, 0.3) is 5.56 Å². The Hall–Kier alpha value is -1.97. The van der Waals surface area contributed by atoms with E-state index in [-0.39, 0.29) is 5.56 Å². The molecule has 3 rings (SSSR count). The molecule has 0 saturated heterocycles. The standard InChI is InChI=1S/C16H12Cl2N2O/c1-11-10-16(21)20(15-8-4-13(18)5-9-15)19(11)14-6-2-12(17)3-7-14/h2-10H,1H3. The van der Waals surface area contributed by atoms with Crippen molar-refractivity contribution in [1.82, 2.24) is 9.36 Å². The predicted octanol–water partition coefficient (Wildman–Crippen LogP) is 4.24. The minimum atomic E-state index is -0.0928. The lowest BCUT2D eigenvalue weighted by atomic mass is 10.3. The van der Waals surface area contributed by atoms with E-state index in [2.05, 4.69) is 0 Å². The van der Waals surface area contributed by atoms with Crippen LogP contribution in [0.1, 0.15) is 5.69 Å². The van der Waals surface area contributed by atoms with E-state index in [0.29, 0.717) is 10.0 Å². The summed E-state index contributed by atoms with van der Waals surface area (Å²) >= 11 is 11.8. The van der Waals surface area contributed by atoms with E-state index in [4.69, 9.17) is 23.2 Å². The number of hydrogen-bond donors (Lipinski definition) is 0.